The van der Waals surface area contributed by atoms with Crippen molar-refractivity contribution in [1.82, 2.24) is 14.5 Å². The molecule has 0 spiro atoms. The van der Waals surface area contributed by atoms with Gasteiger partial charge in [-0.15, -0.1) is 0 Å². The van der Waals surface area contributed by atoms with Crippen LogP contribution in [0.4, 0.5) is 22.0 Å². The van der Waals surface area contributed by atoms with Crippen molar-refractivity contribution in [2.75, 3.05) is 5.75 Å². The van der Waals surface area contributed by atoms with Crippen LogP contribution in [0.2, 0.25) is 0 Å². The molecule has 3 aromatic rings. The van der Waals surface area contributed by atoms with E-state index in [1.807, 2.05) is 0 Å². The summed E-state index contributed by atoms with van der Waals surface area (Å²) in [5.74, 6) is -5.20. The molecule has 150 valence electrons. The van der Waals surface area contributed by atoms with Gasteiger partial charge in [-0.1, -0.05) is 13.0 Å². The molecule has 0 saturated heterocycles. The fourth-order valence-corrected chi connectivity index (χ4v) is 3.77. The smallest absolute Gasteiger partial charge is 0.326 e. The SMILES string of the molecule is CCS(=O)(=O)c1cccnc1-c1nc2cc(C(F)(F)C(F)(F)F)ccc2n1C. The van der Waals surface area contributed by atoms with Gasteiger partial charge in [0.25, 0.3) is 0 Å². The summed E-state index contributed by atoms with van der Waals surface area (Å²) in [6, 6.07) is 5.16. The molecule has 3 rings (SSSR count). The third-order valence-corrected chi connectivity index (χ3v) is 6.06. The van der Waals surface area contributed by atoms with E-state index in [0.717, 1.165) is 6.07 Å². The second kappa shape index (κ2) is 6.50. The van der Waals surface area contributed by atoms with Crippen molar-refractivity contribution in [3.8, 4) is 11.5 Å². The van der Waals surface area contributed by atoms with Crippen molar-refractivity contribution in [2.45, 2.75) is 23.9 Å². The largest absolute Gasteiger partial charge is 0.458 e. The maximum atomic E-state index is 13.6. The number of rotatable bonds is 4. The molecular weight excluding hydrogens is 405 g/mol. The van der Waals surface area contributed by atoms with Crippen LogP contribution >= 0.6 is 0 Å². The first-order valence-electron chi connectivity index (χ1n) is 7.99. The van der Waals surface area contributed by atoms with Crippen LogP contribution in [0, 0.1) is 0 Å². The molecular formula is C17H14F5N3O2S. The van der Waals surface area contributed by atoms with Crippen molar-refractivity contribution >= 4 is 20.9 Å². The van der Waals surface area contributed by atoms with E-state index >= 15 is 0 Å². The molecule has 0 aliphatic rings. The standard InChI is InChI=1S/C17H14F5N3O2S/c1-3-28(26,27)13-5-4-8-23-14(13)15-24-11-9-10(6-7-12(11)25(15)2)16(18,19)17(20,21)22/h4-9H,3H2,1-2H3. The van der Waals surface area contributed by atoms with E-state index in [-0.39, 0.29) is 33.2 Å². The first kappa shape index (κ1) is 20.2. The van der Waals surface area contributed by atoms with Gasteiger partial charge in [0.1, 0.15) is 5.69 Å². The summed E-state index contributed by atoms with van der Waals surface area (Å²) in [4.78, 5) is 8.02. The van der Waals surface area contributed by atoms with Crippen LogP contribution in [-0.4, -0.2) is 34.9 Å². The van der Waals surface area contributed by atoms with Crippen LogP contribution in [0.15, 0.2) is 41.4 Å². The van der Waals surface area contributed by atoms with E-state index in [9.17, 15) is 30.4 Å². The van der Waals surface area contributed by atoms with Crippen LogP contribution in [0.1, 0.15) is 12.5 Å². The molecule has 5 nitrogen and oxygen atoms in total. The van der Waals surface area contributed by atoms with E-state index < -0.39 is 27.5 Å². The van der Waals surface area contributed by atoms with Gasteiger partial charge in [-0.3, -0.25) is 4.98 Å². The summed E-state index contributed by atoms with van der Waals surface area (Å²) < 4.78 is 91.2. The Balaban J connectivity index is 2.23. The molecule has 0 aliphatic carbocycles. The van der Waals surface area contributed by atoms with Gasteiger partial charge in [0.2, 0.25) is 0 Å². The number of benzene rings is 1. The summed E-state index contributed by atoms with van der Waals surface area (Å²) in [6.07, 6.45) is -4.41. The fourth-order valence-electron chi connectivity index (χ4n) is 2.74. The monoisotopic (exact) mass is 419 g/mol. The van der Waals surface area contributed by atoms with Crippen molar-refractivity contribution in [3.05, 3.63) is 42.1 Å². The maximum absolute atomic E-state index is 13.6. The highest BCUT2D eigenvalue weighted by Gasteiger charge is 2.58. The number of hydrogen-bond donors (Lipinski definition) is 0. The molecule has 28 heavy (non-hydrogen) atoms. The molecule has 0 N–H and O–H groups in total. The second-order valence-corrected chi connectivity index (χ2v) is 8.27. The van der Waals surface area contributed by atoms with E-state index in [1.54, 1.807) is 0 Å². The average molecular weight is 419 g/mol. The molecule has 1 aromatic carbocycles. The number of imidazole rings is 1. The number of aryl methyl sites for hydroxylation is 1. The van der Waals surface area contributed by atoms with Gasteiger partial charge >= 0.3 is 12.1 Å². The van der Waals surface area contributed by atoms with Gasteiger partial charge in [-0.2, -0.15) is 22.0 Å². The summed E-state index contributed by atoms with van der Waals surface area (Å²) in [5, 5.41) is 0. The Bertz CT molecular complexity index is 1150. The summed E-state index contributed by atoms with van der Waals surface area (Å²) >= 11 is 0. The predicted molar refractivity (Wildman–Crippen MR) is 91.6 cm³/mol. The number of nitrogens with zero attached hydrogens (tertiary/aromatic N) is 3. The van der Waals surface area contributed by atoms with Crippen molar-refractivity contribution in [3.63, 3.8) is 0 Å². The Hall–Kier alpha value is -2.56. The zero-order valence-corrected chi connectivity index (χ0v) is 15.4. The summed E-state index contributed by atoms with van der Waals surface area (Å²) in [5.41, 5.74) is -1.14. The molecule has 0 fully saturated rings. The molecule has 0 atom stereocenters. The van der Waals surface area contributed by atoms with E-state index in [2.05, 4.69) is 9.97 Å². The highest BCUT2D eigenvalue weighted by atomic mass is 32.2. The number of fused-ring (bicyclic) bond motifs is 1. The van der Waals surface area contributed by atoms with Gasteiger partial charge < -0.3 is 4.57 Å². The topological polar surface area (TPSA) is 64.8 Å². The molecule has 0 bridgehead atoms. The van der Waals surface area contributed by atoms with Gasteiger partial charge in [-0.25, -0.2) is 13.4 Å². The summed E-state index contributed by atoms with van der Waals surface area (Å²) in [7, 11) is -2.18. The Labute approximate surface area is 156 Å². The lowest BCUT2D eigenvalue weighted by Crippen LogP contribution is -2.33. The van der Waals surface area contributed by atoms with Gasteiger partial charge in [-0.05, 0) is 24.3 Å². The average Bonchev–Trinajstić information content (AvgIpc) is 2.97. The van der Waals surface area contributed by atoms with Crippen LogP contribution in [-0.2, 0) is 22.8 Å². The minimum absolute atomic E-state index is 0.00724. The Morgan fingerprint density at radius 2 is 1.79 bits per heavy atom. The number of pyridine rings is 1. The number of sulfone groups is 1. The zero-order valence-electron chi connectivity index (χ0n) is 14.6. The van der Waals surface area contributed by atoms with Crippen molar-refractivity contribution < 1.29 is 30.4 Å². The third kappa shape index (κ3) is 3.13. The lowest BCUT2D eigenvalue weighted by Gasteiger charge is -2.19. The molecule has 11 heteroatoms. The van der Waals surface area contributed by atoms with Crippen LogP contribution in [0.5, 0.6) is 0 Å². The lowest BCUT2D eigenvalue weighted by atomic mass is 10.1. The van der Waals surface area contributed by atoms with E-state index in [4.69, 9.17) is 0 Å². The van der Waals surface area contributed by atoms with Crippen LogP contribution < -0.4 is 0 Å². The first-order chi connectivity index (χ1) is 12.9. The van der Waals surface area contributed by atoms with Gasteiger partial charge in [0.15, 0.2) is 15.7 Å². The van der Waals surface area contributed by atoms with Crippen molar-refractivity contribution in [1.29, 1.82) is 0 Å². The Morgan fingerprint density at radius 1 is 1.11 bits per heavy atom. The number of hydrogen-bond acceptors (Lipinski definition) is 4. The van der Waals surface area contributed by atoms with Crippen LogP contribution in [0.3, 0.4) is 0 Å². The highest BCUT2D eigenvalue weighted by molar-refractivity contribution is 7.91. The number of aromatic nitrogens is 3. The molecule has 2 heterocycles. The van der Waals surface area contributed by atoms with Gasteiger partial charge in [0.05, 0.1) is 21.7 Å². The van der Waals surface area contributed by atoms with Gasteiger partial charge in [0, 0.05) is 18.8 Å². The Kier molecular flexibility index (Phi) is 4.69. The molecule has 0 amide bonds. The maximum Gasteiger partial charge on any atom is 0.458 e. The highest BCUT2D eigenvalue weighted by Crippen LogP contribution is 2.44. The van der Waals surface area contributed by atoms with E-state index in [0.29, 0.717) is 12.1 Å². The molecule has 0 radical (unpaired) electrons. The second-order valence-electron chi connectivity index (χ2n) is 6.02. The minimum Gasteiger partial charge on any atom is -0.326 e. The quantitative estimate of drug-likeness (QED) is 0.598. The lowest BCUT2D eigenvalue weighted by molar-refractivity contribution is -0.289. The number of halogens is 5. The zero-order chi connectivity index (χ0) is 20.9. The Morgan fingerprint density at radius 3 is 2.39 bits per heavy atom. The molecule has 0 saturated carbocycles. The van der Waals surface area contributed by atoms with E-state index in [1.165, 1.54) is 36.9 Å². The predicted octanol–water partition coefficient (Wildman–Crippen LogP) is 4.08. The first-order valence-corrected chi connectivity index (χ1v) is 9.65. The van der Waals surface area contributed by atoms with Crippen LogP contribution in [0.25, 0.3) is 22.6 Å². The molecule has 0 unspecified atom stereocenters. The number of alkyl halides is 5. The molecule has 2 aromatic heterocycles. The van der Waals surface area contributed by atoms with Crippen molar-refractivity contribution in [2.24, 2.45) is 7.05 Å². The molecule has 0 aliphatic heterocycles. The summed E-state index contributed by atoms with van der Waals surface area (Å²) in [6.45, 7) is 1.45. The fraction of sp³-hybridized carbons (Fsp3) is 0.294. The normalized spacial score (nSPS) is 13.2. The minimum atomic E-state index is -5.75. The third-order valence-electron chi connectivity index (χ3n) is 4.30.